The molecule has 0 spiro atoms. The van der Waals surface area contributed by atoms with Crippen LogP contribution in [0.25, 0.3) is 11.5 Å². The van der Waals surface area contributed by atoms with Crippen LogP contribution in [0, 0.1) is 6.92 Å². The van der Waals surface area contributed by atoms with E-state index in [2.05, 4.69) is 4.98 Å². The van der Waals surface area contributed by atoms with Gasteiger partial charge in [-0.25, -0.2) is 4.98 Å². The van der Waals surface area contributed by atoms with Gasteiger partial charge in [0.1, 0.15) is 12.0 Å². The van der Waals surface area contributed by atoms with Crippen LogP contribution in [-0.4, -0.2) is 12.1 Å². The molecule has 16 heavy (non-hydrogen) atoms. The van der Waals surface area contributed by atoms with Crippen molar-refractivity contribution in [2.24, 2.45) is 0 Å². The molecular weight excluding hydrogens is 202 g/mol. The molecule has 0 aliphatic rings. The van der Waals surface area contributed by atoms with Crippen molar-refractivity contribution in [3.05, 3.63) is 36.2 Å². The topological polar surface area (TPSA) is 35.3 Å². The fourth-order valence-corrected chi connectivity index (χ4v) is 1.31. The second-order valence-electron chi connectivity index (χ2n) is 3.02. The molecule has 0 atom stereocenters. The second kappa shape index (κ2) is 5.95. The molecule has 0 aliphatic carbocycles. The minimum Gasteiger partial charge on any atom is -0.497 e. The molecule has 0 saturated carbocycles. The zero-order chi connectivity index (χ0) is 12.0. The summed E-state index contributed by atoms with van der Waals surface area (Å²) in [7, 11) is 1.64. The summed E-state index contributed by atoms with van der Waals surface area (Å²) in [5.41, 5.74) is 2.09. The van der Waals surface area contributed by atoms with E-state index in [0.717, 1.165) is 16.9 Å². The Labute approximate surface area is 96.1 Å². The summed E-state index contributed by atoms with van der Waals surface area (Å²) in [6.07, 6.45) is 3.20. The van der Waals surface area contributed by atoms with Crippen molar-refractivity contribution in [2.75, 3.05) is 7.11 Å². The summed E-state index contributed by atoms with van der Waals surface area (Å²) in [5, 5.41) is 0. The monoisotopic (exact) mass is 219 g/mol. The highest BCUT2D eigenvalue weighted by Crippen LogP contribution is 2.25. The molecule has 0 aliphatic heterocycles. The first-order chi connectivity index (χ1) is 7.81. The van der Waals surface area contributed by atoms with E-state index in [9.17, 15) is 0 Å². The summed E-state index contributed by atoms with van der Waals surface area (Å²) in [5.74, 6) is 1.44. The van der Waals surface area contributed by atoms with Crippen LogP contribution in [0.5, 0.6) is 5.75 Å². The third-order valence-corrected chi connectivity index (χ3v) is 2.11. The van der Waals surface area contributed by atoms with E-state index < -0.39 is 0 Å². The predicted molar refractivity (Wildman–Crippen MR) is 64.6 cm³/mol. The summed E-state index contributed by atoms with van der Waals surface area (Å²) in [6.45, 7) is 6.01. The molecule has 0 unspecified atom stereocenters. The number of aromatic nitrogens is 1. The van der Waals surface area contributed by atoms with Crippen molar-refractivity contribution in [1.82, 2.24) is 4.98 Å². The van der Waals surface area contributed by atoms with Crippen LogP contribution in [0.15, 0.2) is 35.1 Å². The van der Waals surface area contributed by atoms with E-state index in [1.165, 1.54) is 0 Å². The van der Waals surface area contributed by atoms with Gasteiger partial charge in [0.05, 0.1) is 13.3 Å². The van der Waals surface area contributed by atoms with Gasteiger partial charge in [-0.1, -0.05) is 19.9 Å². The Bertz CT molecular complexity index is 422. The molecule has 0 saturated heterocycles. The summed E-state index contributed by atoms with van der Waals surface area (Å²) in [4.78, 5) is 4.10. The van der Waals surface area contributed by atoms with Gasteiger partial charge in [0.25, 0.3) is 0 Å². The van der Waals surface area contributed by atoms with Gasteiger partial charge in [0.2, 0.25) is 5.89 Å². The van der Waals surface area contributed by atoms with Gasteiger partial charge in [-0.15, -0.1) is 0 Å². The Kier molecular flexibility index (Phi) is 4.58. The van der Waals surface area contributed by atoms with Gasteiger partial charge in [-0.3, -0.25) is 0 Å². The number of oxazole rings is 1. The molecule has 0 radical (unpaired) electrons. The molecule has 0 bridgehead atoms. The molecule has 1 aromatic carbocycles. The maximum atomic E-state index is 5.23. The predicted octanol–water partition coefficient (Wildman–Crippen LogP) is 3.68. The number of benzene rings is 1. The van der Waals surface area contributed by atoms with Crippen molar-refractivity contribution in [2.45, 2.75) is 20.8 Å². The zero-order valence-electron chi connectivity index (χ0n) is 10.2. The SMILES string of the molecule is CC.COc1ccc(C)c(-c2ncco2)c1. The van der Waals surface area contributed by atoms with Crippen LogP contribution >= 0.6 is 0 Å². The lowest BCUT2D eigenvalue weighted by Crippen LogP contribution is -1.87. The van der Waals surface area contributed by atoms with Crippen LogP contribution in [0.4, 0.5) is 0 Å². The van der Waals surface area contributed by atoms with E-state index in [1.807, 2.05) is 39.0 Å². The largest absolute Gasteiger partial charge is 0.497 e. The van der Waals surface area contributed by atoms with E-state index in [4.69, 9.17) is 9.15 Å². The molecule has 86 valence electrons. The van der Waals surface area contributed by atoms with Crippen LogP contribution in [0.1, 0.15) is 19.4 Å². The van der Waals surface area contributed by atoms with Crippen molar-refractivity contribution in [3.8, 4) is 17.2 Å². The molecule has 3 nitrogen and oxygen atoms in total. The van der Waals surface area contributed by atoms with Crippen LogP contribution in [0.3, 0.4) is 0 Å². The van der Waals surface area contributed by atoms with E-state index in [0.29, 0.717) is 5.89 Å². The third-order valence-electron chi connectivity index (χ3n) is 2.11. The van der Waals surface area contributed by atoms with Gasteiger partial charge < -0.3 is 9.15 Å². The molecule has 3 heteroatoms. The zero-order valence-corrected chi connectivity index (χ0v) is 10.2. The first kappa shape index (κ1) is 12.3. The van der Waals surface area contributed by atoms with Gasteiger partial charge in [-0.05, 0) is 24.6 Å². The third kappa shape index (κ3) is 2.63. The average Bonchev–Trinajstić information content (AvgIpc) is 2.86. The molecular formula is C13H17NO2. The molecule has 2 rings (SSSR count). The quantitative estimate of drug-likeness (QED) is 0.772. The van der Waals surface area contributed by atoms with Crippen LogP contribution in [0.2, 0.25) is 0 Å². The van der Waals surface area contributed by atoms with E-state index in [1.54, 1.807) is 19.6 Å². The highest BCUT2D eigenvalue weighted by atomic mass is 16.5. The lowest BCUT2D eigenvalue weighted by molar-refractivity contribution is 0.414. The lowest BCUT2D eigenvalue weighted by Gasteiger charge is -2.04. The molecule has 2 aromatic rings. The number of aryl methyl sites for hydroxylation is 1. The number of methoxy groups -OCH3 is 1. The van der Waals surface area contributed by atoms with E-state index >= 15 is 0 Å². The molecule has 0 fully saturated rings. The normalized spacial score (nSPS) is 9.25. The van der Waals surface area contributed by atoms with Crippen molar-refractivity contribution >= 4 is 0 Å². The summed E-state index contributed by atoms with van der Waals surface area (Å²) < 4.78 is 10.4. The number of nitrogens with zero attached hydrogens (tertiary/aromatic N) is 1. The van der Waals surface area contributed by atoms with Gasteiger partial charge in [0, 0.05) is 5.56 Å². The highest BCUT2D eigenvalue weighted by molar-refractivity contribution is 5.60. The number of ether oxygens (including phenoxy) is 1. The van der Waals surface area contributed by atoms with Gasteiger partial charge >= 0.3 is 0 Å². The maximum Gasteiger partial charge on any atom is 0.226 e. The Hall–Kier alpha value is -1.77. The smallest absolute Gasteiger partial charge is 0.226 e. The Balaban J connectivity index is 0.000000606. The minimum absolute atomic E-state index is 0.626. The maximum absolute atomic E-state index is 5.23. The van der Waals surface area contributed by atoms with Crippen LogP contribution in [-0.2, 0) is 0 Å². The summed E-state index contributed by atoms with van der Waals surface area (Å²) >= 11 is 0. The molecule has 1 heterocycles. The van der Waals surface area contributed by atoms with Gasteiger partial charge in [0.15, 0.2) is 0 Å². The minimum atomic E-state index is 0.626. The number of hydrogen-bond donors (Lipinski definition) is 0. The van der Waals surface area contributed by atoms with E-state index in [-0.39, 0.29) is 0 Å². The standard InChI is InChI=1S/C11H11NO2.C2H6/c1-8-3-4-9(13-2)7-10(8)11-12-5-6-14-11;1-2/h3-7H,1-2H3;1-2H3. The molecule has 0 amide bonds. The molecule has 0 N–H and O–H groups in total. The Morgan fingerprint density at radius 2 is 2.00 bits per heavy atom. The van der Waals surface area contributed by atoms with Crippen LogP contribution < -0.4 is 4.74 Å². The van der Waals surface area contributed by atoms with Crippen molar-refractivity contribution in [1.29, 1.82) is 0 Å². The first-order valence-corrected chi connectivity index (χ1v) is 5.36. The average molecular weight is 219 g/mol. The number of rotatable bonds is 2. The van der Waals surface area contributed by atoms with Crippen molar-refractivity contribution < 1.29 is 9.15 Å². The lowest BCUT2D eigenvalue weighted by atomic mass is 10.1. The fraction of sp³-hybridized carbons (Fsp3) is 0.308. The first-order valence-electron chi connectivity index (χ1n) is 5.36. The Morgan fingerprint density at radius 1 is 1.25 bits per heavy atom. The fourth-order valence-electron chi connectivity index (χ4n) is 1.31. The van der Waals surface area contributed by atoms with Gasteiger partial charge in [-0.2, -0.15) is 0 Å². The Morgan fingerprint density at radius 3 is 2.56 bits per heavy atom. The highest BCUT2D eigenvalue weighted by Gasteiger charge is 2.07. The molecule has 1 aromatic heterocycles. The van der Waals surface area contributed by atoms with Crippen molar-refractivity contribution in [3.63, 3.8) is 0 Å². The summed E-state index contributed by atoms with van der Waals surface area (Å²) in [6, 6.07) is 5.82. The number of hydrogen-bond acceptors (Lipinski definition) is 3. The second-order valence-corrected chi connectivity index (χ2v) is 3.02.